The number of hydrogen-bond donors (Lipinski definition) is 0. The zero-order valence-corrected chi connectivity index (χ0v) is 17.6. The minimum atomic E-state index is -0.127. The summed E-state index contributed by atoms with van der Waals surface area (Å²) in [4.78, 5) is 23.0. The molecule has 0 aromatic heterocycles. The maximum absolute atomic E-state index is 11.6. The van der Waals surface area contributed by atoms with Gasteiger partial charge in [-0.05, 0) is 26.7 Å². The van der Waals surface area contributed by atoms with Crippen LogP contribution in [-0.2, 0) is 28.5 Å². The van der Waals surface area contributed by atoms with E-state index >= 15 is 0 Å². The Hall–Kier alpha value is -1.14. The predicted molar refractivity (Wildman–Crippen MR) is 106 cm³/mol. The van der Waals surface area contributed by atoms with Crippen LogP contribution in [0.15, 0.2) is 0 Å². The number of methoxy groups -OCH3 is 1. The summed E-state index contributed by atoms with van der Waals surface area (Å²) < 4.78 is 20.5. The highest BCUT2D eigenvalue weighted by molar-refractivity contribution is 5.69. The van der Waals surface area contributed by atoms with Crippen LogP contribution >= 0.6 is 0 Å². The Labute approximate surface area is 165 Å². The average molecular weight is 389 g/mol. The van der Waals surface area contributed by atoms with E-state index in [1.807, 2.05) is 13.8 Å². The van der Waals surface area contributed by atoms with Crippen molar-refractivity contribution in [2.24, 2.45) is 0 Å². The van der Waals surface area contributed by atoms with E-state index in [1.54, 1.807) is 7.11 Å². The van der Waals surface area contributed by atoms with E-state index in [1.165, 1.54) is 12.8 Å². The van der Waals surface area contributed by atoms with Gasteiger partial charge in [0.25, 0.3) is 0 Å². The van der Waals surface area contributed by atoms with E-state index in [-0.39, 0.29) is 18.0 Å². The van der Waals surface area contributed by atoms with Crippen LogP contribution in [0.3, 0.4) is 0 Å². The monoisotopic (exact) mass is 388 g/mol. The average Bonchev–Trinajstić information content (AvgIpc) is 2.66. The van der Waals surface area contributed by atoms with E-state index in [9.17, 15) is 9.59 Å². The van der Waals surface area contributed by atoms with Gasteiger partial charge in [0.15, 0.2) is 0 Å². The van der Waals surface area contributed by atoms with Crippen LogP contribution in [0.5, 0.6) is 0 Å². The molecule has 0 aromatic carbocycles. The molecule has 160 valence electrons. The number of rotatable bonds is 19. The summed E-state index contributed by atoms with van der Waals surface area (Å²) in [6.07, 6.45) is 10.4. The normalized spacial score (nSPS) is 12.0. The Morgan fingerprint density at radius 3 is 1.70 bits per heavy atom. The number of hydrogen-bond acceptors (Lipinski definition) is 6. The van der Waals surface area contributed by atoms with E-state index in [0.29, 0.717) is 39.3 Å². The van der Waals surface area contributed by atoms with Crippen LogP contribution in [0.4, 0.5) is 0 Å². The molecular weight excluding hydrogens is 348 g/mol. The van der Waals surface area contributed by atoms with Crippen LogP contribution in [0.2, 0.25) is 0 Å². The first kappa shape index (κ1) is 25.9. The number of carbonyl (C=O) groups is 2. The molecule has 0 saturated heterocycles. The third kappa shape index (κ3) is 19.4. The van der Waals surface area contributed by atoms with E-state index in [4.69, 9.17) is 18.9 Å². The summed E-state index contributed by atoms with van der Waals surface area (Å²) in [5.41, 5.74) is 0. The summed E-state index contributed by atoms with van der Waals surface area (Å²) in [5, 5.41) is 0. The van der Waals surface area contributed by atoms with Gasteiger partial charge in [-0.3, -0.25) is 9.59 Å². The fourth-order valence-corrected chi connectivity index (χ4v) is 2.56. The first-order valence-corrected chi connectivity index (χ1v) is 10.5. The second-order valence-corrected chi connectivity index (χ2v) is 6.80. The second-order valence-electron chi connectivity index (χ2n) is 6.80. The molecule has 0 spiro atoms. The van der Waals surface area contributed by atoms with Crippen molar-refractivity contribution in [3.63, 3.8) is 0 Å². The molecule has 6 nitrogen and oxygen atoms in total. The number of unbranched alkanes of at least 4 members (excludes halogenated alkanes) is 7. The maximum atomic E-state index is 11.6. The molecule has 6 heteroatoms. The molecule has 1 unspecified atom stereocenters. The van der Waals surface area contributed by atoms with Crippen LogP contribution in [0.25, 0.3) is 0 Å². The minimum Gasteiger partial charge on any atom is -0.466 e. The van der Waals surface area contributed by atoms with Crippen LogP contribution in [-0.4, -0.2) is 51.6 Å². The lowest BCUT2D eigenvalue weighted by Crippen LogP contribution is -2.12. The molecule has 0 aliphatic rings. The van der Waals surface area contributed by atoms with Gasteiger partial charge in [0.1, 0.15) is 6.61 Å². The second kappa shape index (κ2) is 19.6. The van der Waals surface area contributed by atoms with Gasteiger partial charge in [-0.1, -0.05) is 38.5 Å². The molecule has 0 rings (SSSR count). The van der Waals surface area contributed by atoms with Crippen LogP contribution in [0, 0.1) is 0 Å². The fraction of sp³-hybridized carbons (Fsp3) is 0.905. The summed E-state index contributed by atoms with van der Waals surface area (Å²) in [6, 6.07) is 0. The van der Waals surface area contributed by atoms with Crippen molar-refractivity contribution in [3.8, 4) is 0 Å². The molecule has 0 aliphatic heterocycles. The molecule has 0 N–H and O–H groups in total. The number of carbonyl (C=O) groups excluding carboxylic acids is 2. The van der Waals surface area contributed by atoms with Crippen molar-refractivity contribution < 1.29 is 28.5 Å². The van der Waals surface area contributed by atoms with E-state index in [0.717, 1.165) is 44.9 Å². The SMILES string of the molecule is CCOCCOC(=O)CCCCCCCCCCC(=O)OCCC(C)OC. The largest absolute Gasteiger partial charge is 0.466 e. The number of ether oxygens (including phenoxy) is 4. The Bertz CT molecular complexity index is 359. The third-order valence-corrected chi connectivity index (χ3v) is 4.40. The zero-order chi connectivity index (χ0) is 20.2. The van der Waals surface area contributed by atoms with Gasteiger partial charge in [0, 0.05) is 33.0 Å². The molecule has 0 heterocycles. The van der Waals surface area contributed by atoms with Crippen molar-refractivity contribution in [2.45, 2.75) is 90.6 Å². The van der Waals surface area contributed by atoms with Crippen molar-refractivity contribution in [1.82, 2.24) is 0 Å². The summed E-state index contributed by atoms with van der Waals surface area (Å²) in [5.74, 6) is -0.232. The molecule has 0 saturated carbocycles. The van der Waals surface area contributed by atoms with Gasteiger partial charge < -0.3 is 18.9 Å². The van der Waals surface area contributed by atoms with Gasteiger partial charge in [-0.15, -0.1) is 0 Å². The lowest BCUT2D eigenvalue weighted by Gasteiger charge is -2.09. The Morgan fingerprint density at radius 2 is 1.22 bits per heavy atom. The van der Waals surface area contributed by atoms with Gasteiger partial charge in [-0.25, -0.2) is 0 Å². The predicted octanol–water partition coefficient (Wildman–Crippen LogP) is 4.44. The van der Waals surface area contributed by atoms with Crippen molar-refractivity contribution in [1.29, 1.82) is 0 Å². The quantitative estimate of drug-likeness (QED) is 0.241. The lowest BCUT2D eigenvalue weighted by atomic mass is 10.1. The Kier molecular flexibility index (Phi) is 18.8. The highest BCUT2D eigenvalue weighted by atomic mass is 16.6. The fourth-order valence-electron chi connectivity index (χ4n) is 2.56. The molecule has 0 bridgehead atoms. The first-order chi connectivity index (χ1) is 13.1. The minimum absolute atomic E-state index is 0.105. The maximum Gasteiger partial charge on any atom is 0.305 e. The molecule has 27 heavy (non-hydrogen) atoms. The van der Waals surface area contributed by atoms with Crippen molar-refractivity contribution >= 4 is 11.9 Å². The van der Waals surface area contributed by atoms with Crippen molar-refractivity contribution in [2.75, 3.05) is 33.5 Å². The van der Waals surface area contributed by atoms with Crippen LogP contribution in [0.1, 0.15) is 84.5 Å². The van der Waals surface area contributed by atoms with Gasteiger partial charge in [-0.2, -0.15) is 0 Å². The van der Waals surface area contributed by atoms with Crippen LogP contribution < -0.4 is 0 Å². The molecule has 1 atom stereocenters. The topological polar surface area (TPSA) is 71.1 Å². The van der Waals surface area contributed by atoms with Gasteiger partial charge in [0.2, 0.25) is 0 Å². The molecule has 0 radical (unpaired) electrons. The first-order valence-electron chi connectivity index (χ1n) is 10.5. The zero-order valence-electron chi connectivity index (χ0n) is 17.6. The number of esters is 2. The standard InChI is InChI=1S/C21H40O6/c1-4-25-17-18-27-21(23)14-12-10-8-6-5-7-9-11-13-20(22)26-16-15-19(2)24-3/h19H,4-18H2,1-3H3. The highest BCUT2D eigenvalue weighted by Crippen LogP contribution is 2.11. The third-order valence-electron chi connectivity index (χ3n) is 4.40. The lowest BCUT2D eigenvalue weighted by molar-refractivity contribution is -0.145. The summed E-state index contributed by atoms with van der Waals surface area (Å²) >= 11 is 0. The molecular formula is C21H40O6. The summed E-state index contributed by atoms with van der Waals surface area (Å²) in [7, 11) is 1.66. The van der Waals surface area contributed by atoms with Gasteiger partial charge in [0.05, 0.1) is 19.3 Å². The molecule has 0 aromatic rings. The Balaban J connectivity index is 3.26. The molecule has 0 fully saturated rings. The van der Waals surface area contributed by atoms with E-state index in [2.05, 4.69) is 0 Å². The van der Waals surface area contributed by atoms with E-state index < -0.39 is 0 Å². The Morgan fingerprint density at radius 1 is 0.741 bits per heavy atom. The summed E-state index contributed by atoms with van der Waals surface area (Å²) in [6.45, 7) is 5.80. The highest BCUT2D eigenvalue weighted by Gasteiger charge is 2.05. The van der Waals surface area contributed by atoms with Crippen molar-refractivity contribution in [3.05, 3.63) is 0 Å². The molecule has 0 aliphatic carbocycles. The smallest absolute Gasteiger partial charge is 0.305 e. The van der Waals surface area contributed by atoms with Gasteiger partial charge >= 0.3 is 11.9 Å². The molecule has 0 amide bonds.